The predicted molar refractivity (Wildman–Crippen MR) is 105 cm³/mol. The number of nitrogens with one attached hydrogen (secondary N) is 2. The number of carbonyl (C=O) groups is 1. The van der Waals surface area contributed by atoms with E-state index in [-0.39, 0.29) is 11.0 Å². The number of ether oxygens (including phenoxy) is 1. The average Bonchev–Trinajstić information content (AvgIpc) is 2.51. The number of anilines is 1. The fourth-order valence-electron chi connectivity index (χ4n) is 2.14. The van der Waals surface area contributed by atoms with Crippen LogP contribution in [0.4, 0.5) is 5.69 Å². The number of benzene rings is 2. The van der Waals surface area contributed by atoms with Gasteiger partial charge in [0.15, 0.2) is 5.11 Å². The molecule has 0 aliphatic rings. The van der Waals surface area contributed by atoms with Gasteiger partial charge in [0, 0.05) is 11.3 Å². The van der Waals surface area contributed by atoms with E-state index < -0.39 is 0 Å². The Balaban J connectivity index is 2.08. The highest BCUT2D eigenvalue weighted by Crippen LogP contribution is 2.22. The summed E-state index contributed by atoms with van der Waals surface area (Å²) in [5.74, 6) is 0.479. The first-order chi connectivity index (χ1) is 10.9. The Kier molecular flexibility index (Phi) is 5.95. The minimum absolute atomic E-state index is 0.255. The third-order valence-corrected chi connectivity index (χ3v) is 4.41. The Hall–Kier alpha value is -1.67. The van der Waals surface area contributed by atoms with E-state index in [2.05, 4.69) is 33.2 Å². The molecular formula is C17H17IN2O2S. The van der Waals surface area contributed by atoms with Gasteiger partial charge in [-0.15, -0.1) is 0 Å². The molecule has 0 unspecified atom stereocenters. The molecule has 6 heteroatoms. The summed E-state index contributed by atoms with van der Waals surface area (Å²) in [6.07, 6.45) is 0. The van der Waals surface area contributed by atoms with Crippen LogP contribution in [0.25, 0.3) is 0 Å². The molecule has 0 spiro atoms. The van der Waals surface area contributed by atoms with Gasteiger partial charge in [-0.3, -0.25) is 10.1 Å². The first kappa shape index (κ1) is 17.7. The number of para-hydroxylation sites is 1. The van der Waals surface area contributed by atoms with E-state index in [9.17, 15) is 4.79 Å². The summed E-state index contributed by atoms with van der Waals surface area (Å²) in [7, 11) is 1.60. The zero-order valence-corrected chi connectivity index (χ0v) is 16.0. The van der Waals surface area contributed by atoms with E-state index in [0.29, 0.717) is 5.56 Å². The number of halogens is 1. The fraction of sp³-hybridized carbons (Fsp3) is 0.176. The number of carbonyl (C=O) groups excluding carboxylic acids is 1. The summed E-state index contributed by atoms with van der Waals surface area (Å²) < 4.78 is 6.06. The zero-order valence-electron chi connectivity index (χ0n) is 13.1. The highest BCUT2D eigenvalue weighted by Gasteiger charge is 2.11. The van der Waals surface area contributed by atoms with Crippen LogP contribution in [0, 0.1) is 17.4 Å². The van der Waals surface area contributed by atoms with Crippen LogP contribution < -0.4 is 15.4 Å². The van der Waals surface area contributed by atoms with Crippen molar-refractivity contribution in [3.05, 3.63) is 56.7 Å². The molecule has 0 saturated heterocycles. The zero-order chi connectivity index (χ0) is 17.0. The van der Waals surface area contributed by atoms with Crippen LogP contribution in [-0.2, 0) is 0 Å². The summed E-state index contributed by atoms with van der Waals surface area (Å²) in [5.41, 5.74) is 3.59. The lowest BCUT2D eigenvalue weighted by atomic mass is 10.1. The fourth-order valence-corrected chi connectivity index (χ4v) is 3.07. The highest BCUT2D eigenvalue weighted by molar-refractivity contribution is 14.1. The number of aryl methyl sites for hydroxylation is 2. The van der Waals surface area contributed by atoms with E-state index in [1.165, 1.54) is 0 Å². The molecule has 0 saturated carbocycles. The molecule has 0 aromatic heterocycles. The number of thiocarbonyl (C=S) groups is 1. The van der Waals surface area contributed by atoms with Crippen molar-refractivity contribution in [2.24, 2.45) is 0 Å². The molecule has 1 amide bonds. The summed E-state index contributed by atoms with van der Waals surface area (Å²) in [5, 5.41) is 6.07. The monoisotopic (exact) mass is 440 g/mol. The molecular weight excluding hydrogens is 423 g/mol. The van der Waals surface area contributed by atoms with Crippen molar-refractivity contribution in [1.82, 2.24) is 5.32 Å². The minimum atomic E-state index is -0.255. The van der Waals surface area contributed by atoms with E-state index in [1.807, 2.05) is 32.0 Å². The topological polar surface area (TPSA) is 50.4 Å². The lowest BCUT2D eigenvalue weighted by Crippen LogP contribution is -2.34. The number of hydrogen-bond donors (Lipinski definition) is 2. The molecule has 2 rings (SSSR count). The first-order valence-electron chi connectivity index (χ1n) is 6.94. The molecule has 4 nitrogen and oxygen atoms in total. The van der Waals surface area contributed by atoms with Gasteiger partial charge in [-0.05, 0) is 78.0 Å². The number of amides is 1. The van der Waals surface area contributed by atoms with Crippen molar-refractivity contribution in [2.75, 3.05) is 12.4 Å². The molecule has 0 heterocycles. The van der Waals surface area contributed by atoms with Crippen LogP contribution in [0.5, 0.6) is 5.75 Å². The van der Waals surface area contributed by atoms with E-state index in [4.69, 9.17) is 17.0 Å². The molecule has 0 bridgehead atoms. The second-order valence-corrected chi connectivity index (χ2v) is 6.59. The lowest BCUT2D eigenvalue weighted by molar-refractivity contribution is 0.0977. The molecule has 0 fully saturated rings. The largest absolute Gasteiger partial charge is 0.496 e. The Morgan fingerprint density at radius 1 is 1.17 bits per heavy atom. The van der Waals surface area contributed by atoms with Gasteiger partial charge < -0.3 is 10.1 Å². The normalized spacial score (nSPS) is 10.1. The maximum Gasteiger partial charge on any atom is 0.257 e. The second kappa shape index (κ2) is 7.74. The molecule has 0 aliphatic heterocycles. The maximum absolute atomic E-state index is 12.3. The van der Waals surface area contributed by atoms with Gasteiger partial charge in [0.05, 0.1) is 10.7 Å². The number of methoxy groups -OCH3 is 1. The molecule has 0 radical (unpaired) electrons. The van der Waals surface area contributed by atoms with Crippen LogP contribution in [-0.4, -0.2) is 18.1 Å². The van der Waals surface area contributed by atoms with Crippen molar-refractivity contribution in [1.29, 1.82) is 0 Å². The first-order valence-corrected chi connectivity index (χ1v) is 8.43. The van der Waals surface area contributed by atoms with Gasteiger partial charge in [-0.1, -0.05) is 18.2 Å². The number of hydrogen-bond acceptors (Lipinski definition) is 3. The van der Waals surface area contributed by atoms with Crippen molar-refractivity contribution >= 4 is 51.5 Å². The van der Waals surface area contributed by atoms with Gasteiger partial charge in [0.2, 0.25) is 0 Å². The summed E-state index contributed by atoms with van der Waals surface area (Å²) in [6.45, 7) is 3.98. The molecule has 2 N–H and O–H groups in total. The Bertz CT molecular complexity index is 742. The maximum atomic E-state index is 12.3. The van der Waals surface area contributed by atoms with Crippen LogP contribution in [0.3, 0.4) is 0 Å². The summed E-state index contributed by atoms with van der Waals surface area (Å²) in [6, 6.07) is 11.2. The van der Waals surface area contributed by atoms with Crippen molar-refractivity contribution in [3.8, 4) is 5.75 Å². The van der Waals surface area contributed by atoms with E-state index in [0.717, 1.165) is 26.1 Å². The van der Waals surface area contributed by atoms with Gasteiger partial charge >= 0.3 is 0 Å². The van der Waals surface area contributed by atoms with E-state index in [1.54, 1.807) is 25.3 Å². The third-order valence-electron chi connectivity index (χ3n) is 3.36. The van der Waals surface area contributed by atoms with Crippen LogP contribution >= 0.6 is 34.8 Å². The van der Waals surface area contributed by atoms with Crippen molar-refractivity contribution < 1.29 is 9.53 Å². The van der Waals surface area contributed by atoms with Crippen LogP contribution in [0.1, 0.15) is 21.5 Å². The van der Waals surface area contributed by atoms with Crippen molar-refractivity contribution in [3.63, 3.8) is 0 Å². The van der Waals surface area contributed by atoms with Gasteiger partial charge in [-0.25, -0.2) is 0 Å². The number of rotatable bonds is 3. The Morgan fingerprint density at radius 2 is 1.83 bits per heavy atom. The smallest absolute Gasteiger partial charge is 0.257 e. The third kappa shape index (κ3) is 4.42. The standard InChI is InChI=1S/C17H17IN2O2S/c1-10-5-4-6-11(2)15(10)19-17(23)20-16(21)12-7-8-14(22-3)13(18)9-12/h4-9H,1-3H3,(H2,19,20,21,23). The van der Waals surface area contributed by atoms with E-state index >= 15 is 0 Å². The summed E-state index contributed by atoms with van der Waals surface area (Å²) >= 11 is 7.37. The van der Waals surface area contributed by atoms with Crippen molar-refractivity contribution in [2.45, 2.75) is 13.8 Å². The van der Waals surface area contributed by atoms with Gasteiger partial charge in [0.1, 0.15) is 5.75 Å². The molecule has 2 aromatic rings. The Morgan fingerprint density at radius 3 is 2.39 bits per heavy atom. The molecule has 2 aromatic carbocycles. The average molecular weight is 440 g/mol. The highest BCUT2D eigenvalue weighted by atomic mass is 127. The molecule has 23 heavy (non-hydrogen) atoms. The van der Waals surface area contributed by atoms with Gasteiger partial charge in [-0.2, -0.15) is 0 Å². The Labute approximate surface area is 154 Å². The predicted octanol–water partition coefficient (Wildman–Crippen LogP) is 4.04. The van der Waals surface area contributed by atoms with Crippen LogP contribution in [0.2, 0.25) is 0 Å². The molecule has 120 valence electrons. The molecule has 0 aliphatic carbocycles. The SMILES string of the molecule is COc1ccc(C(=O)NC(=S)Nc2c(C)cccc2C)cc1I. The quantitative estimate of drug-likeness (QED) is 0.559. The second-order valence-electron chi connectivity index (χ2n) is 5.02. The van der Waals surface area contributed by atoms with Crippen LogP contribution in [0.15, 0.2) is 36.4 Å². The molecule has 0 atom stereocenters. The minimum Gasteiger partial charge on any atom is -0.496 e. The lowest BCUT2D eigenvalue weighted by Gasteiger charge is -2.14. The van der Waals surface area contributed by atoms with Gasteiger partial charge in [0.25, 0.3) is 5.91 Å². The summed E-state index contributed by atoms with van der Waals surface area (Å²) in [4.78, 5) is 12.3.